The first-order valence-corrected chi connectivity index (χ1v) is 4.29. The molecule has 11 heavy (non-hydrogen) atoms. The van der Waals surface area contributed by atoms with Gasteiger partial charge in [-0.1, -0.05) is 31.2 Å². The van der Waals surface area contributed by atoms with Crippen molar-refractivity contribution in [3.05, 3.63) is 29.7 Å². The van der Waals surface area contributed by atoms with E-state index in [-0.39, 0.29) is 0 Å². The van der Waals surface area contributed by atoms with Crippen LogP contribution in [0.4, 0.5) is 0 Å². The second-order valence-electron chi connectivity index (χ2n) is 3.18. The van der Waals surface area contributed by atoms with Crippen LogP contribution in [0.5, 0.6) is 0 Å². The van der Waals surface area contributed by atoms with Crippen LogP contribution in [0.3, 0.4) is 0 Å². The van der Waals surface area contributed by atoms with E-state index in [9.17, 15) is 0 Å². The fourth-order valence-corrected chi connectivity index (χ4v) is 1.83. The molecule has 1 nitrogen and oxygen atoms in total. The summed E-state index contributed by atoms with van der Waals surface area (Å²) >= 11 is 0. The summed E-state index contributed by atoms with van der Waals surface area (Å²) in [5.74, 6) is 1.42. The number of hydrogen-bond acceptors (Lipinski definition) is 1. The number of allylic oxidation sites excluding steroid dienone is 2. The molecule has 2 rings (SSSR count). The third kappa shape index (κ3) is 1.02. The van der Waals surface area contributed by atoms with Crippen molar-refractivity contribution >= 4 is 0 Å². The van der Waals surface area contributed by atoms with E-state index in [4.69, 9.17) is 0 Å². The van der Waals surface area contributed by atoms with Gasteiger partial charge in [-0.15, -0.1) is 0 Å². The van der Waals surface area contributed by atoms with Crippen LogP contribution in [0.15, 0.2) is 29.7 Å². The minimum atomic E-state index is 0.630. The molecule has 1 aliphatic carbocycles. The fraction of sp³-hybridized carbons (Fsp3) is 0.500. The Morgan fingerprint density at radius 1 is 1.73 bits per heavy atom. The van der Waals surface area contributed by atoms with Crippen LogP contribution < -0.4 is 5.32 Å². The number of fused-ring (bicyclic) bond motifs is 1. The summed E-state index contributed by atoms with van der Waals surface area (Å²) in [6.45, 7) is 3.38. The van der Waals surface area contributed by atoms with Gasteiger partial charge in [-0.05, 0) is 12.0 Å². The molecule has 0 aromatic carbocycles. The summed E-state index contributed by atoms with van der Waals surface area (Å²) in [6.07, 6.45) is 7.62. The molecular formula is C10H13N. The highest BCUT2D eigenvalue weighted by atomic mass is 14.9. The normalized spacial score (nSPS) is 33.0. The molecule has 0 saturated carbocycles. The van der Waals surface area contributed by atoms with Gasteiger partial charge in [0.25, 0.3) is 0 Å². The number of nitrogens with one attached hydrogen (secondary N) is 1. The minimum absolute atomic E-state index is 0.630. The van der Waals surface area contributed by atoms with E-state index in [2.05, 4.69) is 30.1 Å². The molecule has 1 saturated heterocycles. The van der Waals surface area contributed by atoms with Crippen LogP contribution in [0.25, 0.3) is 0 Å². The van der Waals surface area contributed by atoms with E-state index in [1.54, 1.807) is 0 Å². The van der Waals surface area contributed by atoms with Crippen molar-refractivity contribution in [3.8, 4) is 0 Å². The Balaban J connectivity index is 2.27. The Morgan fingerprint density at radius 3 is 3.45 bits per heavy atom. The summed E-state index contributed by atoms with van der Waals surface area (Å²) in [5, 5.41) is 3.38. The summed E-state index contributed by atoms with van der Waals surface area (Å²) < 4.78 is 0. The topological polar surface area (TPSA) is 12.0 Å². The molecule has 58 valence electrons. The minimum Gasteiger partial charge on any atom is -0.381 e. The summed E-state index contributed by atoms with van der Waals surface area (Å²) in [7, 11) is 0. The second kappa shape index (κ2) is 2.60. The Hall–Kier alpha value is -0.940. The van der Waals surface area contributed by atoms with Crippen molar-refractivity contribution in [3.63, 3.8) is 0 Å². The SMILES string of the molecule is CCC1CNC2=C=CC=CC21. The molecule has 2 aliphatic rings. The third-order valence-corrected chi connectivity index (χ3v) is 2.57. The fourth-order valence-electron chi connectivity index (χ4n) is 1.83. The van der Waals surface area contributed by atoms with E-state index in [1.807, 2.05) is 6.08 Å². The molecule has 1 N–H and O–H groups in total. The Labute approximate surface area is 67.5 Å². The predicted octanol–water partition coefficient (Wildman–Crippen LogP) is 1.84. The molecule has 0 spiro atoms. The standard InChI is InChI=1S/C10H13N/c1-2-8-7-11-10-6-4-3-5-9(8)10/h3-5,8-9,11H,2,7H2,1H3. The van der Waals surface area contributed by atoms with Crippen LogP contribution in [0.2, 0.25) is 0 Å². The van der Waals surface area contributed by atoms with Gasteiger partial charge < -0.3 is 5.32 Å². The molecule has 0 bridgehead atoms. The lowest BCUT2D eigenvalue weighted by molar-refractivity contribution is 0.492. The zero-order valence-corrected chi connectivity index (χ0v) is 6.80. The lowest BCUT2D eigenvalue weighted by Gasteiger charge is -2.12. The molecule has 1 heterocycles. The summed E-state index contributed by atoms with van der Waals surface area (Å²) in [5.41, 5.74) is 4.53. The van der Waals surface area contributed by atoms with Gasteiger partial charge in [0.05, 0.1) is 5.70 Å². The zero-order valence-electron chi connectivity index (χ0n) is 6.80. The molecule has 1 aliphatic heterocycles. The number of hydrogen-bond donors (Lipinski definition) is 1. The second-order valence-corrected chi connectivity index (χ2v) is 3.18. The molecule has 0 amide bonds. The first-order chi connectivity index (χ1) is 5.42. The molecule has 2 unspecified atom stereocenters. The highest BCUT2D eigenvalue weighted by Crippen LogP contribution is 2.29. The van der Waals surface area contributed by atoms with Crippen molar-refractivity contribution in [2.75, 3.05) is 6.54 Å². The molecule has 1 fully saturated rings. The van der Waals surface area contributed by atoms with E-state index >= 15 is 0 Å². The molecular weight excluding hydrogens is 134 g/mol. The van der Waals surface area contributed by atoms with Crippen molar-refractivity contribution in [2.45, 2.75) is 13.3 Å². The Bertz CT molecular complexity index is 244. The van der Waals surface area contributed by atoms with E-state index < -0.39 is 0 Å². The van der Waals surface area contributed by atoms with Crippen LogP contribution >= 0.6 is 0 Å². The van der Waals surface area contributed by atoms with Crippen molar-refractivity contribution in [2.24, 2.45) is 11.8 Å². The first-order valence-electron chi connectivity index (χ1n) is 4.29. The summed E-state index contributed by atoms with van der Waals surface area (Å²) in [4.78, 5) is 0. The smallest absolute Gasteiger partial charge is 0.0611 e. The molecule has 0 aromatic rings. The summed E-state index contributed by atoms with van der Waals surface area (Å²) in [6, 6.07) is 0. The predicted molar refractivity (Wildman–Crippen MR) is 46.0 cm³/mol. The lowest BCUT2D eigenvalue weighted by atomic mass is 9.90. The maximum absolute atomic E-state index is 3.38. The molecule has 0 aromatic heterocycles. The Kier molecular flexibility index (Phi) is 1.59. The average molecular weight is 147 g/mol. The van der Waals surface area contributed by atoms with Gasteiger partial charge >= 0.3 is 0 Å². The zero-order chi connectivity index (χ0) is 7.68. The van der Waals surface area contributed by atoms with Gasteiger partial charge in [0.1, 0.15) is 0 Å². The van der Waals surface area contributed by atoms with Crippen molar-refractivity contribution in [1.82, 2.24) is 5.32 Å². The largest absolute Gasteiger partial charge is 0.381 e. The van der Waals surface area contributed by atoms with E-state index in [1.165, 1.54) is 12.1 Å². The van der Waals surface area contributed by atoms with Gasteiger partial charge in [0.2, 0.25) is 0 Å². The third-order valence-electron chi connectivity index (χ3n) is 2.57. The maximum atomic E-state index is 3.38. The van der Waals surface area contributed by atoms with Crippen molar-refractivity contribution < 1.29 is 0 Å². The maximum Gasteiger partial charge on any atom is 0.0611 e. The Morgan fingerprint density at radius 2 is 2.64 bits per heavy atom. The van der Waals surface area contributed by atoms with E-state index in [0.717, 1.165) is 12.5 Å². The van der Waals surface area contributed by atoms with Gasteiger partial charge in [-0.25, -0.2) is 0 Å². The van der Waals surface area contributed by atoms with Gasteiger partial charge in [0.15, 0.2) is 0 Å². The highest BCUT2D eigenvalue weighted by Gasteiger charge is 2.28. The van der Waals surface area contributed by atoms with Crippen LogP contribution in [0, 0.1) is 11.8 Å². The lowest BCUT2D eigenvalue weighted by Crippen LogP contribution is -2.08. The monoisotopic (exact) mass is 147 g/mol. The molecule has 1 heteroatoms. The van der Waals surface area contributed by atoms with Gasteiger partial charge in [0, 0.05) is 12.5 Å². The quantitative estimate of drug-likeness (QED) is 0.558. The molecule has 2 atom stereocenters. The van der Waals surface area contributed by atoms with E-state index in [0.29, 0.717) is 5.92 Å². The molecule has 0 radical (unpaired) electrons. The highest BCUT2D eigenvalue weighted by molar-refractivity contribution is 5.25. The van der Waals surface area contributed by atoms with Crippen LogP contribution in [-0.4, -0.2) is 6.54 Å². The first kappa shape index (κ1) is 6.75. The van der Waals surface area contributed by atoms with Crippen LogP contribution in [0.1, 0.15) is 13.3 Å². The average Bonchev–Trinajstić information content (AvgIpc) is 2.47. The van der Waals surface area contributed by atoms with Gasteiger partial charge in [-0.2, -0.15) is 0 Å². The number of rotatable bonds is 1. The van der Waals surface area contributed by atoms with Crippen molar-refractivity contribution in [1.29, 1.82) is 0 Å². The van der Waals surface area contributed by atoms with Crippen LogP contribution in [-0.2, 0) is 0 Å². The van der Waals surface area contributed by atoms with Gasteiger partial charge in [-0.3, -0.25) is 0 Å².